The van der Waals surface area contributed by atoms with Crippen LogP contribution in [-0.2, 0) is 11.2 Å². The summed E-state index contributed by atoms with van der Waals surface area (Å²) in [6.45, 7) is 2.29. The molecule has 1 fully saturated rings. The molecule has 1 unspecified atom stereocenters. The number of benzene rings is 1. The van der Waals surface area contributed by atoms with Crippen LogP contribution in [-0.4, -0.2) is 40.9 Å². The number of rotatable bonds is 2. The number of carboxylic acid groups (broad SMARTS) is 1. The summed E-state index contributed by atoms with van der Waals surface area (Å²) in [7, 11) is 0. The van der Waals surface area contributed by atoms with Gasteiger partial charge in [-0.2, -0.15) is 0 Å². The predicted octanol–water partition coefficient (Wildman–Crippen LogP) is 2.53. The summed E-state index contributed by atoms with van der Waals surface area (Å²) in [5.74, 6) is -0.721. The van der Waals surface area contributed by atoms with Crippen molar-refractivity contribution in [3.05, 3.63) is 29.3 Å². The largest absolute Gasteiger partial charge is 0.481 e. The van der Waals surface area contributed by atoms with Gasteiger partial charge in [-0.1, -0.05) is 0 Å². The summed E-state index contributed by atoms with van der Waals surface area (Å²) in [5, 5.41) is 12.0. The van der Waals surface area contributed by atoms with Gasteiger partial charge >= 0.3 is 12.0 Å². The van der Waals surface area contributed by atoms with Crippen molar-refractivity contribution in [1.82, 2.24) is 4.90 Å². The number of anilines is 1. The van der Waals surface area contributed by atoms with Gasteiger partial charge in [0.15, 0.2) is 5.78 Å². The van der Waals surface area contributed by atoms with E-state index in [0.717, 1.165) is 24.0 Å². The van der Waals surface area contributed by atoms with Gasteiger partial charge in [-0.05, 0) is 49.9 Å². The topological polar surface area (TPSA) is 86.7 Å². The van der Waals surface area contributed by atoms with E-state index >= 15 is 0 Å². The van der Waals surface area contributed by atoms with Gasteiger partial charge in [0.1, 0.15) is 0 Å². The molecule has 2 amide bonds. The number of urea groups is 1. The zero-order chi connectivity index (χ0) is 16.6. The van der Waals surface area contributed by atoms with Crippen molar-refractivity contribution in [2.75, 3.05) is 18.4 Å². The number of fused-ring (bicyclic) bond motifs is 1. The quantitative estimate of drug-likeness (QED) is 0.878. The first-order chi connectivity index (χ1) is 10.9. The van der Waals surface area contributed by atoms with Gasteiger partial charge in [0.2, 0.25) is 0 Å². The molecule has 6 heteroatoms. The summed E-state index contributed by atoms with van der Waals surface area (Å²) in [4.78, 5) is 36.9. The Morgan fingerprint density at radius 2 is 2.09 bits per heavy atom. The minimum Gasteiger partial charge on any atom is -0.481 e. The average molecular weight is 316 g/mol. The molecule has 1 saturated heterocycles. The third-order valence-corrected chi connectivity index (χ3v) is 4.78. The van der Waals surface area contributed by atoms with Crippen LogP contribution in [0.25, 0.3) is 0 Å². The second-order valence-electron chi connectivity index (χ2n) is 6.62. The van der Waals surface area contributed by atoms with Gasteiger partial charge in [0, 0.05) is 30.8 Å². The lowest BCUT2D eigenvalue weighted by Gasteiger charge is -2.21. The summed E-state index contributed by atoms with van der Waals surface area (Å²) < 4.78 is 0. The molecule has 0 bridgehead atoms. The standard InChI is InChI=1S/C17H20N2O4/c1-17(15(21)22)7-8-19(10-17)16(23)18-12-5-6-13-11(9-12)3-2-4-14(13)20/h5-6,9H,2-4,7-8,10H2,1H3,(H,18,23)(H,21,22). The lowest BCUT2D eigenvalue weighted by Crippen LogP contribution is -2.37. The molecule has 6 nitrogen and oxygen atoms in total. The number of hydrogen-bond donors (Lipinski definition) is 2. The lowest BCUT2D eigenvalue weighted by molar-refractivity contribution is -0.146. The molecule has 2 aliphatic rings. The van der Waals surface area contributed by atoms with Gasteiger partial charge < -0.3 is 15.3 Å². The minimum absolute atomic E-state index is 0.154. The maximum Gasteiger partial charge on any atom is 0.321 e. The number of aliphatic carboxylic acids is 1. The highest BCUT2D eigenvalue weighted by molar-refractivity contribution is 5.99. The zero-order valence-corrected chi connectivity index (χ0v) is 13.1. The Labute approximate surface area is 134 Å². The Morgan fingerprint density at radius 3 is 2.78 bits per heavy atom. The summed E-state index contributed by atoms with van der Waals surface area (Å²) in [6.07, 6.45) is 2.71. The van der Waals surface area contributed by atoms with Crippen LogP contribution in [0, 0.1) is 5.41 Å². The van der Waals surface area contributed by atoms with E-state index in [2.05, 4.69) is 5.32 Å². The van der Waals surface area contributed by atoms with Gasteiger partial charge in [0.05, 0.1) is 5.41 Å². The number of amides is 2. The van der Waals surface area contributed by atoms with E-state index in [1.807, 2.05) is 6.07 Å². The monoisotopic (exact) mass is 316 g/mol. The number of carbonyl (C=O) groups excluding carboxylic acids is 2. The van der Waals surface area contributed by atoms with Gasteiger partial charge in [-0.25, -0.2) is 4.79 Å². The molecule has 0 spiro atoms. The van der Waals surface area contributed by atoms with Crippen LogP contribution in [0.1, 0.15) is 42.1 Å². The molecule has 1 aromatic rings. The smallest absolute Gasteiger partial charge is 0.321 e. The molecular formula is C17H20N2O4. The van der Waals surface area contributed by atoms with Crippen molar-refractivity contribution in [2.24, 2.45) is 5.41 Å². The fraction of sp³-hybridized carbons (Fsp3) is 0.471. The second kappa shape index (κ2) is 5.68. The molecule has 0 saturated carbocycles. The maximum absolute atomic E-state index is 12.3. The van der Waals surface area contributed by atoms with Crippen molar-refractivity contribution in [2.45, 2.75) is 32.6 Å². The zero-order valence-electron chi connectivity index (χ0n) is 13.1. The number of ketones is 1. The molecule has 0 aromatic heterocycles. The molecule has 122 valence electrons. The highest BCUT2D eigenvalue weighted by Gasteiger charge is 2.42. The lowest BCUT2D eigenvalue weighted by atomic mass is 9.90. The third kappa shape index (κ3) is 2.93. The van der Waals surface area contributed by atoms with E-state index in [1.165, 1.54) is 4.90 Å². The van der Waals surface area contributed by atoms with Gasteiger partial charge in [-0.15, -0.1) is 0 Å². The van der Waals surface area contributed by atoms with Crippen LogP contribution in [0.5, 0.6) is 0 Å². The van der Waals surface area contributed by atoms with Crippen molar-refractivity contribution in [3.8, 4) is 0 Å². The molecule has 23 heavy (non-hydrogen) atoms. The molecule has 1 atom stereocenters. The van der Waals surface area contributed by atoms with Crippen LogP contribution in [0.15, 0.2) is 18.2 Å². The first-order valence-electron chi connectivity index (χ1n) is 7.84. The first kappa shape index (κ1) is 15.5. The van der Waals surface area contributed by atoms with Crippen molar-refractivity contribution >= 4 is 23.5 Å². The van der Waals surface area contributed by atoms with E-state index in [0.29, 0.717) is 25.1 Å². The highest BCUT2D eigenvalue weighted by atomic mass is 16.4. The fourth-order valence-corrected chi connectivity index (χ4v) is 3.24. The van der Waals surface area contributed by atoms with Crippen molar-refractivity contribution in [1.29, 1.82) is 0 Å². The summed E-state index contributed by atoms with van der Waals surface area (Å²) in [6, 6.07) is 5.04. The molecule has 3 rings (SSSR count). The van der Waals surface area contributed by atoms with E-state index in [4.69, 9.17) is 0 Å². The molecular weight excluding hydrogens is 296 g/mol. The van der Waals surface area contributed by atoms with Crippen LogP contribution in [0.4, 0.5) is 10.5 Å². The number of nitrogens with one attached hydrogen (secondary N) is 1. The first-order valence-corrected chi connectivity index (χ1v) is 7.84. The van der Waals surface area contributed by atoms with E-state index < -0.39 is 11.4 Å². The molecule has 0 radical (unpaired) electrons. The molecule has 1 aliphatic heterocycles. The highest BCUT2D eigenvalue weighted by Crippen LogP contribution is 2.31. The average Bonchev–Trinajstić information content (AvgIpc) is 2.91. The Morgan fingerprint density at radius 1 is 1.30 bits per heavy atom. The van der Waals surface area contributed by atoms with Gasteiger partial charge in [-0.3, -0.25) is 9.59 Å². The number of Topliss-reactive ketones (excluding diaryl/α,β-unsaturated/α-hetero) is 1. The third-order valence-electron chi connectivity index (χ3n) is 4.78. The number of hydrogen-bond acceptors (Lipinski definition) is 3. The van der Waals surface area contributed by atoms with Crippen LogP contribution >= 0.6 is 0 Å². The number of carboxylic acids is 1. The summed E-state index contributed by atoms with van der Waals surface area (Å²) in [5.41, 5.74) is 1.48. The number of carbonyl (C=O) groups is 3. The Bertz CT molecular complexity index is 685. The Hall–Kier alpha value is -2.37. The van der Waals surface area contributed by atoms with Crippen LogP contribution < -0.4 is 5.32 Å². The van der Waals surface area contributed by atoms with Gasteiger partial charge in [0.25, 0.3) is 0 Å². The summed E-state index contributed by atoms with van der Waals surface area (Å²) >= 11 is 0. The fourth-order valence-electron chi connectivity index (χ4n) is 3.24. The second-order valence-corrected chi connectivity index (χ2v) is 6.62. The van der Waals surface area contributed by atoms with Crippen molar-refractivity contribution in [3.63, 3.8) is 0 Å². The van der Waals surface area contributed by atoms with E-state index in [-0.39, 0.29) is 18.4 Å². The van der Waals surface area contributed by atoms with Crippen molar-refractivity contribution < 1.29 is 19.5 Å². The SMILES string of the molecule is CC1(C(=O)O)CCN(C(=O)Nc2ccc3c(c2)CCCC3=O)C1. The van der Waals surface area contributed by atoms with E-state index in [1.54, 1.807) is 19.1 Å². The molecule has 2 N–H and O–H groups in total. The van der Waals surface area contributed by atoms with E-state index in [9.17, 15) is 19.5 Å². The number of likely N-dealkylation sites (tertiary alicyclic amines) is 1. The minimum atomic E-state index is -0.875. The normalized spacial score (nSPS) is 23.5. The Kier molecular flexibility index (Phi) is 3.83. The maximum atomic E-state index is 12.3. The Balaban J connectivity index is 1.69. The predicted molar refractivity (Wildman–Crippen MR) is 84.7 cm³/mol. The molecule has 1 heterocycles. The number of aryl methyl sites for hydroxylation is 1. The van der Waals surface area contributed by atoms with Crippen LogP contribution in [0.2, 0.25) is 0 Å². The van der Waals surface area contributed by atoms with Crippen LogP contribution in [0.3, 0.4) is 0 Å². The molecule has 1 aliphatic carbocycles. The molecule has 1 aromatic carbocycles. The number of nitrogens with zero attached hydrogens (tertiary/aromatic N) is 1.